The summed E-state index contributed by atoms with van der Waals surface area (Å²) in [6, 6.07) is 28.3. The molecule has 12 rings (SSSR count). The van der Waals surface area contributed by atoms with Crippen LogP contribution in [0, 0.1) is 0 Å². The number of hydrogen-bond donors (Lipinski definition) is 1. The Balaban J connectivity index is 0.000000162. The lowest BCUT2D eigenvalue weighted by Gasteiger charge is -2.32. The van der Waals surface area contributed by atoms with Crippen molar-refractivity contribution in [3.63, 3.8) is 0 Å². The van der Waals surface area contributed by atoms with Crippen LogP contribution >= 0.6 is 0 Å². The highest BCUT2D eigenvalue weighted by molar-refractivity contribution is 6.05. The van der Waals surface area contributed by atoms with E-state index in [1.807, 2.05) is 64.3 Å². The predicted octanol–water partition coefficient (Wildman–Crippen LogP) is 11.6. The summed E-state index contributed by atoms with van der Waals surface area (Å²) in [7, 11) is 2.79. The first kappa shape index (κ1) is 46.8. The van der Waals surface area contributed by atoms with Crippen molar-refractivity contribution in [3.8, 4) is 22.5 Å². The van der Waals surface area contributed by atoms with Crippen LogP contribution in [-0.2, 0) is 32.2 Å². The van der Waals surface area contributed by atoms with Crippen molar-refractivity contribution in [2.24, 2.45) is 0 Å². The first-order valence-electron chi connectivity index (χ1n) is 25.7. The quantitative estimate of drug-likeness (QED) is 0.154. The summed E-state index contributed by atoms with van der Waals surface area (Å²) in [6.45, 7) is 2.08. The summed E-state index contributed by atoms with van der Waals surface area (Å²) in [5.74, 6) is -0.705. The Bertz CT molecular complexity index is 3300. The minimum Gasteiger partial charge on any atom is -0.478 e. The van der Waals surface area contributed by atoms with E-state index in [0.717, 1.165) is 88.5 Å². The molecule has 368 valence electrons. The summed E-state index contributed by atoms with van der Waals surface area (Å²) in [5, 5.41) is 20.3. The van der Waals surface area contributed by atoms with Gasteiger partial charge in [0.1, 0.15) is 0 Å². The number of fused-ring (bicyclic) bond motifs is 10. The molecule has 13 nitrogen and oxygen atoms in total. The largest absolute Gasteiger partial charge is 0.478 e. The lowest BCUT2D eigenvalue weighted by atomic mass is 9.81. The number of ether oxygens (including phenoxy) is 2. The summed E-state index contributed by atoms with van der Waals surface area (Å²) in [4.78, 5) is 53.0. The number of esters is 2. The van der Waals surface area contributed by atoms with Gasteiger partial charge in [0.15, 0.2) is 0 Å². The minimum atomic E-state index is -0.923. The second-order valence-electron chi connectivity index (χ2n) is 20.0. The van der Waals surface area contributed by atoms with Crippen molar-refractivity contribution in [1.82, 2.24) is 29.0 Å². The number of nitrogens with zero attached hydrogens (tertiary/aromatic N) is 6. The van der Waals surface area contributed by atoms with E-state index in [0.29, 0.717) is 48.2 Å². The van der Waals surface area contributed by atoms with Crippen LogP contribution in [0.2, 0.25) is 0 Å². The molecule has 1 amide bonds. The van der Waals surface area contributed by atoms with Crippen molar-refractivity contribution in [1.29, 1.82) is 0 Å². The maximum Gasteiger partial charge on any atom is 0.337 e. The molecule has 3 aromatic heterocycles. The molecule has 0 unspecified atom stereocenters. The molecule has 3 fully saturated rings. The highest BCUT2D eigenvalue weighted by Crippen LogP contribution is 2.48. The molecule has 0 bridgehead atoms. The van der Waals surface area contributed by atoms with Gasteiger partial charge in [0, 0.05) is 57.8 Å². The molecule has 2 aliphatic carbocycles. The average molecular weight is 965 g/mol. The second kappa shape index (κ2) is 19.9. The van der Waals surface area contributed by atoms with E-state index in [1.54, 1.807) is 12.3 Å². The van der Waals surface area contributed by atoms with Crippen LogP contribution in [0.5, 0.6) is 0 Å². The number of piperidine rings is 1. The Morgan fingerprint density at radius 3 is 1.56 bits per heavy atom. The molecule has 0 atom stereocenters. The number of amides is 1. The zero-order valence-electron chi connectivity index (χ0n) is 41.0. The standard InChI is InChI=1S/C33H35N5O3.C26H25NO4/c1-41-33(40)24-11-12-28-29(20-24)37-21-25(32(39)36-16-13-26(14-17-36)38-18-15-34-35-38)19-23-9-5-6-10-27(23)31(37)30(28)22-7-3-2-4-8-22;1-31-26(30)18-11-12-21-22(14-18)27-15-19(25(28)29)13-17-9-5-6-10-20(17)24(27)23(21)16-7-3-2-4-8-16/h5-6,9-12,15,18-20,22,26H,2-4,7-8,13-14,16-17,21H2,1H3;5-6,9-14,16H,2-4,7-8,15H2,1H3,(H,28,29). The molecule has 72 heavy (non-hydrogen) atoms. The number of methoxy groups -OCH3 is 2. The van der Waals surface area contributed by atoms with Gasteiger partial charge in [-0.1, -0.05) is 104 Å². The van der Waals surface area contributed by atoms with Crippen LogP contribution in [0.3, 0.4) is 0 Å². The Labute approximate surface area is 418 Å². The van der Waals surface area contributed by atoms with E-state index in [9.17, 15) is 24.3 Å². The summed E-state index contributed by atoms with van der Waals surface area (Å²) >= 11 is 0. The molecular formula is C59H60N6O7. The van der Waals surface area contributed by atoms with Crippen LogP contribution in [0.15, 0.2) is 108 Å². The molecule has 7 aromatic rings. The second-order valence-corrected chi connectivity index (χ2v) is 20.0. The maximum absolute atomic E-state index is 14.1. The maximum atomic E-state index is 14.1. The number of carbonyl (C=O) groups excluding carboxylic acids is 3. The number of aromatic nitrogens is 5. The normalized spacial score (nSPS) is 17.2. The van der Waals surface area contributed by atoms with Gasteiger partial charge in [-0.05, 0) is 109 Å². The Morgan fingerprint density at radius 1 is 0.597 bits per heavy atom. The highest BCUT2D eigenvalue weighted by Gasteiger charge is 2.34. The molecule has 0 radical (unpaired) electrons. The first-order valence-corrected chi connectivity index (χ1v) is 25.7. The number of aliphatic carboxylic acids is 1. The van der Waals surface area contributed by atoms with E-state index < -0.39 is 5.97 Å². The van der Waals surface area contributed by atoms with Gasteiger partial charge in [0.05, 0.1) is 67.6 Å². The van der Waals surface area contributed by atoms with Crippen molar-refractivity contribution in [3.05, 3.63) is 142 Å². The molecular weight excluding hydrogens is 905 g/mol. The fraction of sp³-hybridized carbons (Fsp3) is 0.356. The third kappa shape index (κ3) is 8.62. The lowest BCUT2D eigenvalue weighted by molar-refractivity contribution is -0.132. The Hall–Kier alpha value is -7.54. The predicted molar refractivity (Wildman–Crippen MR) is 278 cm³/mol. The topological polar surface area (TPSA) is 151 Å². The third-order valence-electron chi connectivity index (χ3n) is 15.9. The van der Waals surface area contributed by atoms with Crippen molar-refractivity contribution < 1.29 is 33.8 Å². The van der Waals surface area contributed by atoms with Gasteiger partial charge >= 0.3 is 17.9 Å². The number of hydrogen-bond acceptors (Lipinski definition) is 8. The van der Waals surface area contributed by atoms with Gasteiger partial charge in [-0.15, -0.1) is 5.10 Å². The van der Waals surface area contributed by atoms with Gasteiger partial charge in [-0.25, -0.2) is 19.1 Å². The zero-order chi connectivity index (χ0) is 49.5. The fourth-order valence-corrected chi connectivity index (χ4v) is 12.5. The first-order chi connectivity index (χ1) is 35.2. The minimum absolute atomic E-state index is 0.0786. The van der Waals surface area contributed by atoms with E-state index in [2.05, 4.69) is 61.9 Å². The smallest absolute Gasteiger partial charge is 0.337 e. The molecule has 0 spiro atoms. The van der Waals surface area contributed by atoms with E-state index >= 15 is 0 Å². The number of likely N-dealkylation sites (tertiary alicyclic amines) is 1. The van der Waals surface area contributed by atoms with Crippen LogP contribution < -0.4 is 0 Å². The molecule has 4 aromatic carbocycles. The van der Waals surface area contributed by atoms with Crippen LogP contribution in [0.1, 0.15) is 138 Å². The molecule has 13 heteroatoms. The van der Waals surface area contributed by atoms with Crippen molar-refractivity contribution >= 4 is 57.8 Å². The van der Waals surface area contributed by atoms with E-state index in [1.165, 1.54) is 75.0 Å². The summed E-state index contributed by atoms with van der Waals surface area (Å²) in [5.41, 5.74) is 13.1. The molecule has 5 aliphatic rings. The number of carboxylic acid groups (broad SMARTS) is 1. The fourth-order valence-electron chi connectivity index (χ4n) is 12.5. The average Bonchev–Trinajstić information content (AvgIpc) is 4.10. The molecule has 2 saturated carbocycles. The van der Waals surface area contributed by atoms with Gasteiger partial charge in [0.25, 0.3) is 5.91 Å². The highest BCUT2D eigenvalue weighted by atomic mass is 16.5. The summed E-state index contributed by atoms with van der Waals surface area (Å²) < 4.78 is 16.3. The van der Waals surface area contributed by atoms with Gasteiger partial charge in [0.2, 0.25) is 0 Å². The Kier molecular flexibility index (Phi) is 13.0. The number of carboxylic acids is 1. The SMILES string of the molecule is COC(=O)c1ccc2c(C3CCCCC3)c3n(c2c1)CC(C(=O)N1CCC(n2ccnn2)CC1)=Cc1ccccc1-3.COC(=O)c1ccc2c(C3CCCCC3)c3n(c2c1)CC(C(=O)O)=Cc1ccccc1-3. The van der Waals surface area contributed by atoms with E-state index in [-0.39, 0.29) is 30.4 Å². The van der Waals surface area contributed by atoms with Crippen LogP contribution in [0.25, 0.3) is 56.5 Å². The summed E-state index contributed by atoms with van der Waals surface area (Å²) in [6.07, 6.45) is 21.2. The van der Waals surface area contributed by atoms with Gasteiger partial charge in [-0.2, -0.15) is 0 Å². The number of carbonyl (C=O) groups is 4. The van der Waals surface area contributed by atoms with Crippen LogP contribution in [0.4, 0.5) is 0 Å². The lowest BCUT2D eigenvalue weighted by Crippen LogP contribution is -2.40. The van der Waals surface area contributed by atoms with Crippen molar-refractivity contribution in [2.45, 2.75) is 108 Å². The molecule has 1 saturated heterocycles. The van der Waals surface area contributed by atoms with Gasteiger partial charge in [-0.3, -0.25) is 4.79 Å². The number of rotatable bonds is 7. The molecule has 1 N–H and O–H groups in total. The molecule has 6 heterocycles. The third-order valence-corrected chi connectivity index (χ3v) is 15.9. The zero-order valence-corrected chi connectivity index (χ0v) is 41.0. The number of benzene rings is 4. The van der Waals surface area contributed by atoms with Crippen LogP contribution in [-0.4, -0.2) is 85.3 Å². The van der Waals surface area contributed by atoms with Crippen molar-refractivity contribution in [2.75, 3.05) is 27.3 Å². The Morgan fingerprint density at radius 2 is 1.08 bits per heavy atom. The van der Waals surface area contributed by atoms with Gasteiger partial charge < -0.3 is 28.6 Å². The monoisotopic (exact) mass is 964 g/mol. The molecule has 3 aliphatic heterocycles. The van der Waals surface area contributed by atoms with E-state index in [4.69, 9.17) is 9.47 Å².